The summed E-state index contributed by atoms with van der Waals surface area (Å²) in [5, 5.41) is 12.2. The quantitative estimate of drug-likeness (QED) is 0.395. The summed E-state index contributed by atoms with van der Waals surface area (Å²) in [4.78, 5) is 12.4. The fourth-order valence-corrected chi connectivity index (χ4v) is 4.00. The topological polar surface area (TPSA) is 59.8 Å². The third-order valence-corrected chi connectivity index (χ3v) is 5.76. The number of carbonyl (C=O) groups excluding carboxylic acids is 1. The Kier molecular flexibility index (Phi) is 6.64. The van der Waals surface area contributed by atoms with Gasteiger partial charge in [0.2, 0.25) is 5.91 Å². The van der Waals surface area contributed by atoms with Crippen LogP contribution in [0.1, 0.15) is 5.56 Å². The van der Waals surface area contributed by atoms with E-state index in [1.54, 1.807) is 34.9 Å². The molecule has 0 radical (unpaired) electrons. The first kappa shape index (κ1) is 21.1. The number of para-hydroxylation sites is 1. The van der Waals surface area contributed by atoms with Gasteiger partial charge in [-0.2, -0.15) is 0 Å². The summed E-state index contributed by atoms with van der Waals surface area (Å²) in [7, 11) is 0. The van der Waals surface area contributed by atoms with Gasteiger partial charge >= 0.3 is 0 Å². The highest BCUT2D eigenvalue weighted by atomic mass is 35.5. The van der Waals surface area contributed by atoms with Gasteiger partial charge in [0.15, 0.2) is 11.0 Å². The van der Waals surface area contributed by atoms with Gasteiger partial charge in [0, 0.05) is 12.1 Å². The Morgan fingerprint density at radius 2 is 1.68 bits per heavy atom. The van der Waals surface area contributed by atoms with Crippen molar-refractivity contribution >= 4 is 29.3 Å². The predicted octanol–water partition coefficient (Wildman–Crippen LogP) is 5.14. The fraction of sp³-hybridized carbons (Fsp3) is 0.0870. The molecule has 156 valence electrons. The van der Waals surface area contributed by atoms with Gasteiger partial charge in [0.05, 0.1) is 16.5 Å². The zero-order valence-corrected chi connectivity index (χ0v) is 17.9. The summed E-state index contributed by atoms with van der Waals surface area (Å²) in [5.74, 6) is -0.0628. The van der Waals surface area contributed by atoms with Gasteiger partial charge in [-0.05, 0) is 29.8 Å². The molecule has 0 aliphatic heterocycles. The second-order valence-electron chi connectivity index (χ2n) is 6.62. The van der Waals surface area contributed by atoms with Crippen LogP contribution in [-0.4, -0.2) is 26.4 Å². The van der Waals surface area contributed by atoms with Gasteiger partial charge < -0.3 is 5.32 Å². The molecule has 0 saturated carbocycles. The minimum Gasteiger partial charge on any atom is -0.351 e. The molecule has 5 nitrogen and oxygen atoms in total. The second-order valence-corrected chi connectivity index (χ2v) is 7.97. The molecule has 0 aliphatic rings. The average Bonchev–Trinajstić information content (AvgIpc) is 3.21. The van der Waals surface area contributed by atoms with E-state index in [2.05, 4.69) is 15.5 Å². The molecule has 8 heteroatoms. The minimum absolute atomic E-state index is 0.113. The molecular weight excluding hydrogens is 435 g/mol. The number of nitrogens with zero attached hydrogens (tertiary/aromatic N) is 3. The maximum atomic E-state index is 14.6. The number of thioether (sulfide) groups is 1. The number of rotatable bonds is 7. The highest BCUT2D eigenvalue weighted by Crippen LogP contribution is 2.32. The highest BCUT2D eigenvalue weighted by Gasteiger charge is 2.20. The first-order valence-corrected chi connectivity index (χ1v) is 10.9. The van der Waals surface area contributed by atoms with E-state index in [1.165, 1.54) is 17.8 Å². The lowest BCUT2D eigenvalue weighted by molar-refractivity contribution is -0.118. The lowest BCUT2D eigenvalue weighted by Gasteiger charge is -2.12. The van der Waals surface area contributed by atoms with Crippen molar-refractivity contribution in [3.8, 4) is 17.1 Å². The smallest absolute Gasteiger partial charge is 0.230 e. The van der Waals surface area contributed by atoms with Crippen molar-refractivity contribution in [2.24, 2.45) is 0 Å². The van der Waals surface area contributed by atoms with Crippen LogP contribution in [0.4, 0.5) is 4.39 Å². The molecule has 1 aromatic heterocycles. The minimum atomic E-state index is -0.425. The summed E-state index contributed by atoms with van der Waals surface area (Å²) < 4.78 is 16.2. The molecule has 0 atom stereocenters. The summed E-state index contributed by atoms with van der Waals surface area (Å²) in [6.07, 6.45) is 0. The van der Waals surface area contributed by atoms with Crippen molar-refractivity contribution in [1.82, 2.24) is 20.1 Å². The fourth-order valence-electron chi connectivity index (χ4n) is 3.01. The van der Waals surface area contributed by atoms with E-state index in [9.17, 15) is 9.18 Å². The third kappa shape index (κ3) is 4.95. The maximum Gasteiger partial charge on any atom is 0.230 e. The van der Waals surface area contributed by atoms with Crippen molar-refractivity contribution in [1.29, 1.82) is 0 Å². The third-order valence-electron chi connectivity index (χ3n) is 4.51. The van der Waals surface area contributed by atoms with Crippen molar-refractivity contribution in [3.05, 3.63) is 95.3 Å². The van der Waals surface area contributed by atoms with E-state index in [0.717, 1.165) is 5.56 Å². The zero-order chi connectivity index (χ0) is 21.6. The molecule has 31 heavy (non-hydrogen) atoms. The standard InChI is InChI=1S/C23H18ClFN4OS/c24-18-11-5-4-10-17(18)22-27-28-23(29(22)20-13-7-6-12-19(20)25)31-15-21(30)26-14-16-8-2-1-3-9-16/h1-13H,14-15H2,(H,26,30). The number of carbonyl (C=O) groups is 1. The largest absolute Gasteiger partial charge is 0.351 e. The van der Waals surface area contributed by atoms with E-state index in [0.29, 0.717) is 28.1 Å². The normalized spacial score (nSPS) is 10.8. The number of aromatic nitrogens is 3. The van der Waals surface area contributed by atoms with Gasteiger partial charge in [-0.1, -0.05) is 78.0 Å². The Morgan fingerprint density at radius 1 is 0.968 bits per heavy atom. The summed E-state index contributed by atoms with van der Waals surface area (Å²) in [6, 6.07) is 23.2. The van der Waals surface area contributed by atoms with Gasteiger partial charge in [-0.3, -0.25) is 9.36 Å². The molecule has 1 heterocycles. The van der Waals surface area contributed by atoms with Crippen LogP contribution >= 0.6 is 23.4 Å². The van der Waals surface area contributed by atoms with Crippen LogP contribution in [0.5, 0.6) is 0 Å². The van der Waals surface area contributed by atoms with Crippen LogP contribution in [-0.2, 0) is 11.3 Å². The second kappa shape index (κ2) is 9.76. The van der Waals surface area contributed by atoms with E-state index in [-0.39, 0.29) is 17.3 Å². The number of hydrogen-bond donors (Lipinski definition) is 1. The summed E-state index contributed by atoms with van der Waals surface area (Å²) in [5.41, 5.74) is 1.92. The van der Waals surface area contributed by atoms with E-state index in [1.807, 2.05) is 42.5 Å². The average molecular weight is 453 g/mol. The highest BCUT2D eigenvalue weighted by molar-refractivity contribution is 7.99. The lowest BCUT2D eigenvalue weighted by Crippen LogP contribution is -2.24. The lowest BCUT2D eigenvalue weighted by atomic mass is 10.2. The molecule has 1 N–H and O–H groups in total. The molecule has 0 saturated heterocycles. The first-order chi connectivity index (χ1) is 15.1. The summed E-state index contributed by atoms with van der Waals surface area (Å²) in [6.45, 7) is 0.436. The molecule has 0 aliphatic carbocycles. The zero-order valence-electron chi connectivity index (χ0n) is 16.3. The first-order valence-electron chi connectivity index (χ1n) is 9.52. The van der Waals surface area contributed by atoms with Crippen LogP contribution in [0, 0.1) is 5.82 Å². The van der Waals surface area contributed by atoms with Gasteiger partial charge in [0.1, 0.15) is 5.82 Å². The van der Waals surface area contributed by atoms with Crippen molar-refractivity contribution in [3.63, 3.8) is 0 Å². The number of nitrogens with one attached hydrogen (secondary N) is 1. The molecule has 0 unspecified atom stereocenters. The molecule has 4 rings (SSSR count). The van der Waals surface area contributed by atoms with Gasteiger partial charge in [-0.25, -0.2) is 4.39 Å². The number of halogens is 2. The Balaban J connectivity index is 1.58. The predicted molar refractivity (Wildman–Crippen MR) is 121 cm³/mol. The Bertz CT molecular complexity index is 1200. The van der Waals surface area contributed by atoms with Crippen molar-refractivity contribution in [2.75, 3.05) is 5.75 Å². The van der Waals surface area contributed by atoms with Crippen molar-refractivity contribution < 1.29 is 9.18 Å². The molecule has 4 aromatic rings. The van der Waals surface area contributed by atoms with Crippen LogP contribution in [0.15, 0.2) is 84.0 Å². The van der Waals surface area contributed by atoms with E-state index in [4.69, 9.17) is 11.6 Å². The van der Waals surface area contributed by atoms with E-state index >= 15 is 0 Å². The molecule has 1 amide bonds. The summed E-state index contributed by atoms with van der Waals surface area (Å²) >= 11 is 7.53. The number of amides is 1. The molecule has 3 aromatic carbocycles. The Hall–Kier alpha value is -3.16. The molecule has 0 fully saturated rings. The molecule has 0 spiro atoms. The van der Waals surface area contributed by atoms with E-state index < -0.39 is 5.82 Å². The Labute approximate surface area is 188 Å². The maximum absolute atomic E-state index is 14.6. The number of benzene rings is 3. The van der Waals surface area contributed by atoms with Crippen LogP contribution in [0.25, 0.3) is 17.1 Å². The van der Waals surface area contributed by atoms with Gasteiger partial charge in [-0.15, -0.1) is 10.2 Å². The van der Waals surface area contributed by atoms with Crippen molar-refractivity contribution in [2.45, 2.75) is 11.7 Å². The van der Waals surface area contributed by atoms with Gasteiger partial charge in [0.25, 0.3) is 0 Å². The molecular formula is C23H18ClFN4OS. The Morgan fingerprint density at radius 3 is 2.45 bits per heavy atom. The molecule has 0 bridgehead atoms. The van der Waals surface area contributed by atoms with Crippen LogP contribution in [0.3, 0.4) is 0 Å². The van der Waals surface area contributed by atoms with Crippen LogP contribution < -0.4 is 5.32 Å². The number of hydrogen-bond acceptors (Lipinski definition) is 4. The SMILES string of the molecule is O=C(CSc1nnc(-c2ccccc2Cl)n1-c1ccccc1F)NCc1ccccc1. The monoisotopic (exact) mass is 452 g/mol. The van der Waals surface area contributed by atoms with Crippen LogP contribution in [0.2, 0.25) is 5.02 Å².